The molecule has 0 N–H and O–H groups in total. The molecular weight excluding hydrogens is 320 g/mol. The van der Waals surface area contributed by atoms with Gasteiger partial charge in [0, 0.05) is 12.5 Å². The van der Waals surface area contributed by atoms with E-state index < -0.39 is 0 Å². The monoisotopic (exact) mass is 340 g/mol. The molecule has 25 heavy (non-hydrogen) atoms. The number of hydrogen-bond donors (Lipinski definition) is 0. The summed E-state index contributed by atoms with van der Waals surface area (Å²) >= 11 is 0. The van der Waals surface area contributed by atoms with E-state index in [0.717, 1.165) is 11.1 Å². The lowest BCUT2D eigenvalue weighted by atomic mass is 10.1. The van der Waals surface area contributed by atoms with Crippen molar-refractivity contribution in [3.8, 4) is 5.88 Å². The Bertz CT molecular complexity index is 904. The third-order valence-corrected chi connectivity index (χ3v) is 3.95. The van der Waals surface area contributed by atoms with Gasteiger partial charge in [0.1, 0.15) is 6.61 Å². The topological polar surface area (TPSA) is 78.6 Å². The SMILES string of the molecule is COc1ccc2nnc(CCC(=O)OCc3ccc(C)cc3C)n2n1. The minimum absolute atomic E-state index is 0.213. The van der Waals surface area contributed by atoms with E-state index in [4.69, 9.17) is 9.47 Å². The standard InChI is InChI=1S/C18H20N4O3/c1-12-4-5-14(13(2)10-12)11-25-18(23)9-7-16-20-19-15-6-8-17(24-3)21-22(15)16/h4-6,8,10H,7,9,11H2,1-3H3. The fraction of sp³-hybridized carbons (Fsp3) is 0.333. The van der Waals surface area contributed by atoms with Crippen molar-refractivity contribution in [2.24, 2.45) is 0 Å². The van der Waals surface area contributed by atoms with Gasteiger partial charge in [-0.05, 0) is 31.0 Å². The van der Waals surface area contributed by atoms with Gasteiger partial charge in [0.2, 0.25) is 5.88 Å². The number of methoxy groups -OCH3 is 1. The van der Waals surface area contributed by atoms with Gasteiger partial charge in [-0.1, -0.05) is 23.8 Å². The summed E-state index contributed by atoms with van der Waals surface area (Å²) in [6.45, 7) is 4.32. The summed E-state index contributed by atoms with van der Waals surface area (Å²) in [6.07, 6.45) is 0.609. The molecule has 0 saturated heterocycles. The van der Waals surface area contributed by atoms with Crippen molar-refractivity contribution in [2.75, 3.05) is 7.11 Å². The molecule has 0 spiro atoms. The predicted molar refractivity (Wildman–Crippen MR) is 91.4 cm³/mol. The maximum Gasteiger partial charge on any atom is 0.306 e. The number of ether oxygens (including phenoxy) is 2. The number of aryl methyl sites for hydroxylation is 3. The number of carbonyl (C=O) groups is 1. The van der Waals surface area contributed by atoms with E-state index in [9.17, 15) is 4.79 Å². The Balaban J connectivity index is 1.59. The van der Waals surface area contributed by atoms with Crippen LogP contribution in [-0.2, 0) is 22.6 Å². The second-order valence-electron chi connectivity index (χ2n) is 5.85. The highest BCUT2D eigenvalue weighted by Crippen LogP contribution is 2.13. The molecule has 0 bridgehead atoms. The maximum atomic E-state index is 12.0. The highest BCUT2D eigenvalue weighted by Gasteiger charge is 2.12. The molecule has 7 nitrogen and oxygen atoms in total. The molecular formula is C18H20N4O3. The lowest BCUT2D eigenvalue weighted by Gasteiger charge is -2.08. The van der Waals surface area contributed by atoms with Crippen molar-refractivity contribution in [1.29, 1.82) is 0 Å². The van der Waals surface area contributed by atoms with E-state index in [1.165, 1.54) is 5.56 Å². The zero-order valence-electron chi connectivity index (χ0n) is 14.5. The van der Waals surface area contributed by atoms with Crippen LogP contribution in [0.5, 0.6) is 5.88 Å². The number of aromatic nitrogens is 4. The van der Waals surface area contributed by atoms with Gasteiger partial charge >= 0.3 is 5.97 Å². The summed E-state index contributed by atoms with van der Waals surface area (Å²) in [5.74, 6) is 0.781. The summed E-state index contributed by atoms with van der Waals surface area (Å²) in [7, 11) is 1.54. The van der Waals surface area contributed by atoms with Crippen LogP contribution in [0, 0.1) is 13.8 Å². The zero-order chi connectivity index (χ0) is 17.8. The second-order valence-corrected chi connectivity index (χ2v) is 5.85. The molecule has 2 heterocycles. The Kier molecular flexibility index (Phi) is 4.92. The summed E-state index contributed by atoms with van der Waals surface area (Å²) < 4.78 is 12.0. The van der Waals surface area contributed by atoms with Crippen LogP contribution in [-0.4, -0.2) is 32.9 Å². The smallest absolute Gasteiger partial charge is 0.306 e. The van der Waals surface area contributed by atoms with E-state index in [2.05, 4.69) is 21.4 Å². The number of nitrogens with zero attached hydrogens (tertiary/aromatic N) is 4. The van der Waals surface area contributed by atoms with Crippen LogP contribution < -0.4 is 4.74 Å². The molecule has 3 aromatic rings. The lowest BCUT2D eigenvalue weighted by Crippen LogP contribution is -2.09. The van der Waals surface area contributed by atoms with Crippen molar-refractivity contribution in [3.63, 3.8) is 0 Å². The Morgan fingerprint density at radius 2 is 2.00 bits per heavy atom. The van der Waals surface area contributed by atoms with Gasteiger partial charge in [-0.25, -0.2) is 0 Å². The summed E-state index contributed by atoms with van der Waals surface area (Å²) in [4.78, 5) is 12.0. The number of esters is 1. The first-order chi connectivity index (χ1) is 12.1. The van der Waals surface area contributed by atoms with Crippen molar-refractivity contribution in [3.05, 3.63) is 52.8 Å². The Morgan fingerprint density at radius 3 is 2.76 bits per heavy atom. The fourth-order valence-corrected chi connectivity index (χ4v) is 2.53. The number of rotatable bonds is 6. The minimum atomic E-state index is -0.278. The van der Waals surface area contributed by atoms with Crippen LogP contribution in [0.25, 0.3) is 5.65 Å². The second kappa shape index (κ2) is 7.29. The molecule has 0 atom stereocenters. The van der Waals surface area contributed by atoms with Gasteiger partial charge in [-0.15, -0.1) is 15.3 Å². The van der Waals surface area contributed by atoms with E-state index in [-0.39, 0.29) is 19.0 Å². The molecule has 0 aliphatic heterocycles. The van der Waals surface area contributed by atoms with Crippen LogP contribution in [0.1, 0.15) is 28.9 Å². The number of fused-ring (bicyclic) bond motifs is 1. The first-order valence-electron chi connectivity index (χ1n) is 8.04. The molecule has 130 valence electrons. The first kappa shape index (κ1) is 16.9. The molecule has 1 aromatic carbocycles. The average Bonchev–Trinajstić information content (AvgIpc) is 3.01. The largest absolute Gasteiger partial charge is 0.480 e. The highest BCUT2D eigenvalue weighted by molar-refractivity contribution is 5.69. The molecule has 0 aliphatic rings. The maximum absolute atomic E-state index is 12.0. The summed E-state index contributed by atoms with van der Waals surface area (Å²) in [5, 5.41) is 12.4. The Labute approximate surface area is 145 Å². The van der Waals surface area contributed by atoms with Crippen molar-refractivity contribution in [1.82, 2.24) is 19.8 Å². The van der Waals surface area contributed by atoms with Gasteiger partial charge in [0.25, 0.3) is 0 Å². The van der Waals surface area contributed by atoms with Gasteiger partial charge < -0.3 is 9.47 Å². The van der Waals surface area contributed by atoms with E-state index in [1.807, 2.05) is 26.0 Å². The van der Waals surface area contributed by atoms with Crippen LogP contribution in [0.4, 0.5) is 0 Å². The summed E-state index contributed by atoms with van der Waals surface area (Å²) in [5.41, 5.74) is 3.93. The van der Waals surface area contributed by atoms with Gasteiger partial charge in [-0.3, -0.25) is 4.79 Å². The molecule has 7 heteroatoms. The quantitative estimate of drug-likeness (QED) is 0.641. The van der Waals surface area contributed by atoms with E-state index >= 15 is 0 Å². The molecule has 3 rings (SSSR count). The van der Waals surface area contributed by atoms with Crippen LogP contribution in [0.15, 0.2) is 30.3 Å². The zero-order valence-corrected chi connectivity index (χ0v) is 14.5. The highest BCUT2D eigenvalue weighted by atomic mass is 16.5. The molecule has 0 amide bonds. The van der Waals surface area contributed by atoms with Gasteiger partial charge in [0.05, 0.1) is 13.5 Å². The summed E-state index contributed by atoms with van der Waals surface area (Å²) in [6, 6.07) is 9.55. The number of carbonyl (C=O) groups excluding carboxylic acids is 1. The average molecular weight is 340 g/mol. The number of benzene rings is 1. The Hall–Kier alpha value is -2.96. The molecule has 0 fully saturated rings. The predicted octanol–water partition coefficient (Wildman–Crippen LogP) is 2.43. The molecule has 2 aromatic heterocycles. The lowest BCUT2D eigenvalue weighted by molar-refractivity contribution is -0.144. The minimum Gasteiger partial charge on any atom is -0.480 e. The first-order valence-corrected chi connectivity index (χ1v) is 8.04. The van der Waals surface area contributed by atoms with Crippen LogP contribution in [0.2, 0.25) is 0 Å². The van der Waals surface area contributed by atoms with Gasteiger partial charge in [-0.2, -0.15) is 4.52 Å². The molecule has 0 unspecified atom stereocenters. The Morgan fingerprint density at radius 1 is 1.16 bits per heavy atom. The number of hydrogen-bond acceptors (Lipinski definition) is 6. The third kappa shape index (κ3) is 3.93. The molecule has 0 radical (unpaired) electrons. The molecule has 0 aliphatic carbocycles. The van der Waals surface area contributed by atoms with Crippen LogP contribution >= 0.6 is 0 Å². The fourth-order valence-electron chi connectivity index (χ4n) is 2.53. The molecule has 0 saturated carbocycles. The van der Waals surface area contributed by atoms with Crippen LogP contribution in [0.3, 0.4) is 0 Å². The third-order valence-electron chi connectivity index (χ3n) is 3.95. The van der Waals surface area contributed by atoms with Gasteiger partial charge in [0.15, 0.2) is 11.5 Å². The normalized spacial score (nSPS) is 10.8. The van der Waals surface area contributed by atoms with Crippen molar-refractivity contribution < 1.29 is 14.3 Å². The van der Waals surface area contributed by atoms with Crippen molar-refractivity contribution >= 4 is 11.6 Å². The van der Waals surface area contributed by atoms with Crippen molar-refractivity contribution in [2.45, 2.75) is 33.3 Å². The van der Waals surface area contributed by atoms with E-state index in [0.29, 0.717) is 23.8 Å². The van der Waals surface area contributed by atoms with E-state index in [1.54, 1.807) is 23.8 Å².